The number of para-hydroxylation sites is 3. The van der Waals surface area contributed by atoms with Crippen molar-refractivity contribution in [3.05, 3.63) is 121 Å². The van der Waals surface area contributed by atoms with Crippen LogP contribution in [0.4, 0.5) is 0 Å². The largest absolute Gasteiger partial charge is 0.308 e. The molecule has 10 rings (SSSR count). The quantitative estimate of drug-likeness (QED) is 0.207. The van der Waals surface area contributed by atoms with Gasteiger partial charge in [0.05, 0.1) is 27.6 Å². The minimum Gasteiger partial charge on any atom is -0.308 e. The molecule has 0 saturated carbocycles. The van der Waals surface area contributed by atoms with Crippen molar-refractivity contribution < 1.29 is 0 Å². The third-order valence-corrected chi connectivity index (χ3v) is 9.80. The highest BCUT2D eigenvalue weighted by atomic mass is 32.1. The number of hydrogen-bond acceptors (Lipinski definition) is 1. The lowest BCUT2D eigenvalue weighted by molar-refractivity contribution is 1.19. The molecule has 4 heterocycles. The first-order valence-corrected chi connectivity index (χ1v) is 14.2. The number of fused-ring (bicyclic) bond motifs is 11. The lowest BCUT2D eigenvalue weighted by atomic mass is 10.0. The molecule has 0 radical (unpaired) electrons. The molecule has 0 saturated heterocycles. The summed E-state index contributed by atoms with van der Waals surface area (Å²) in [6.45, 7) is 0. The standard InChI is InChI=1S/C36H20N2S/c1-2-11-21(12-3-1)37-28-19-10-16-23-22-13-4-7-17-26(22)38-27-18-8-5-14-24(27)31-35(38)33(30(23)28)34(37)32-25-15-6-9-20-29(25)39-36(31)32/h1-20H. The molecular formula is C36H20N2S. The van der Waals surface area contributed by atoms with Gasteiger partial charge in [-0.1, -0.05) is 84.9 Å². The average Bonchev–Trinajstić information content (AvgIpc) is 3.62. The van der Waals surface area contributed by atoms with Gasteiger partial charge in [0, 0.05) is 52.8 Å². The minimum absolute atomic E-state index is 1.20. The van der Waals surface area contributed by atoms with Crippen LogP contribution >= 0.6 is 11.3 Å². The fraction of sp³-hybridized carbons (Fsp3) is 0. The molecule has 0 aliphatic carbocycles. The van der Waals surface area contributed by atoms with Gasteiger partial charge in [0.1, 0.15) is 0 Å². The van der Waals surface area contributed by atoms with Gasteiger partial charge in [-0.15, -0.1) is 11.3 Å². The lowest BCUT2D eigenvalue weighted by Crippen LogP contribution is -1.94. The van der Waals surface area contributed by atoms with Crippen molar-refractivity contribution in [2.24, 2.45) is 0 Å². The Labute approximate surface area is 226 Å². The number of nitrogens with zero attached hydrogens (tertiary/aromatic N) is 2. The Kier molecular flexibility index (Phi) is 3.59. The highest BCUT2D eigenvalue weighted by Gasteiger charge is 2.27. The summed E-state index contributed by atoms with van der Waals surface area (Å²) in [5.74, 6) is 0. The Hall–Kier alpha value is -4.86. The zero-order valence-corrected chi connectivity index (χ0v) is 21.7. The maximum absolute atomic E-state index is 2.54. The van der Waals surface area contributed by atoms with E-state index in [1.807, 2.05) is 11.3 Å². The molecule has 0 fully saturated rings. The van der Waals surface area contributed by atoms with Gasteiger partial charge in [-0.05, 0) is 41.8 Å². The first kappa shape index (κ1) is 20.1. The molecule has 0 spiro atoms. The van der Waals surface area contributed by atoms with E-state index in [-0.39, 0.29) is 0 Å². The van der Waals surface area contributed by atoms with Crippen LogP contribution in [0.5, 0.6) is 0 Å². The Balaban J connectivity index is 1.72. The topological polar surface area (TPSA) is 9.34 Å². The van der Waals surface area contributed by atoms with Gasteiger partial charge in [0.25, 0.3) is 0 Å². The molecule has 10 aromatic rings. The van der Waals surface area contributed by atoms with Crippen LogP contribution in [0.1, 0.15) is 0 Å². The first-order valence-electron chi connectivity index (χ1n) is 13.4. The van der Waals surface area contributed by atoms with Crippen LogP contribution in [-0.4, -0.2) is 8.97 Å². The summed E-state index contributed by atoms with van der Waals surface area (Å²) >= 11 is 1.93. The van der Waals surface area contributed by atoms with E-state index in [1.165, 1.54) is 85.8 Å². The van der Waals surface area contributed by atoms with Crippen molar-refractivity contribution in [3.8, 4) is 5.69 Å². The second kappa shape index (κ2) is 6.96. The van der Waals surface area contributed by atoms with Crippen molar-refractivity contribution in [1.82, 2.24) is 8.97 Å². The Morgan fingerprint density at radius 1 is 0.410 bits per heavy atom. The van der Waals surface area contributed by atoms with Crippen LogP contribution in [0.3, 0.4) is 0 Å². The van der Waals surface area contributed by atoms with Gasteiger partial charge in [-0.3, -0.25) is 0 Å². The van der Waals surface area contributed by atoms with Crippen molar-refractivity contribution in [2.75, 3.05) is 0 Å². The summed E-state index contributed by atoms with van der Waals surface area (Å²) in [7, 11) is 0. The molecule has 0 aliphatic heterocycles. The molecule has 3 heteroatoms. The average molecular weight is 513 g/mol. The van der Waals surface area contributed by atoms with Gasteiger partial charge >= 0.3 is 0 Å². The summed E-state index contributed by atoms with van der Waals surface area (Å²) in [5, 5.41) is 10.7. The second-order valence-electron chi connectivity index (χ2n) is 10.5. The molecule has 39 heavy (non-hydrogen) atoms. The van der Waals surface area contributed by atoms with E-state index in [0.717, 1.165) is 0 Å². The fourth-order valence-electron chi connectivity index (χ4n) is 7.19. The van der Waals surface area contributed by atoms with E-state index in [4.69, 9.17) is 0 Å². The van der Waals surface area contributed by atoms with Crippen LogP contribution in [-0.2, 0) is 0 Å². The zero-order chi connectivity index (χ0) is 25.2. The van der Waals surface area contributed by atoms with E-state index in [1.54, 1.807) is 0 Å². The van der Waals surface area contributed by atoms with Crippen LogP contribution < -0.4 is 0 Å². The normalized spacial score (nSPS) is 12.6. The van der Waals surface area contributed by atoms with Crippen LogP contribution in [0.15, 0.2) is 121 Å². The molecule has 0 unspecified atom stereocenters. The predicted octanol–water partition coefficient (Wildman–Crippen LogP) is 10.3. The zero-order valence-electron chi connectivity index (χ0n) is 20.8. The molecule has 0 aliphatic rings. The lowest BCUT2D eigenvalue weighted by Gasteiger charge is -2.10. The van der Waals surface area contributed by atoms with E-state index in [9.17, 15) is 0 Å². The summed E-state index contributed by atoms with van der Waals surface area (Å²) in [4.78, 5) is 0. The van der Waals surface area contributed by atoms with Gasteiger partial charge < -0.3 is 8.97 Å². The van der Waals surface area contributed by atoms with E-state index in [0.29, 0.717) is 0 Å². The smallest absolute Gasteiger partial charge is 0.0656 e. The van der Waals surface area contributed by atoms with Gasteiger partial charge in [-0.2, -0.15) is 0 Å². The monoisotopic (exact) mass is 512 g/mol. The number of benzene rings is 6. The van der Waals surface area contributed by atoms with Gasteiger partial charge in [0.15, 0.2) is 0 Å². The van der Waals surface area contributed by atoms with Crippen molar-refractivity contribution >= 4 is 91.4 Å². The van der Waals surface area contributed by atoms with Gasteiger partial charge in [0.2, 0.25) is 0 Å². The number of aromatic nitrogens is 2. The third-order valence-electron chi connectivity index (χ3n) is 8.61. The second-order valence-corrected chi connectivity index (χ2v) is 11.5. The van der Waals surface area contributed by atoms with E-state index >= 15 is 0 Å². The third kappa shape index (κ3) is 2.30. The maximum Gasteiger partial charge on any atom is 0.0656 e. The summed E-state index contributed by atoms with van der Waals surface area (Å²) < 4.78 is 7.77. The molecule has 0 amide bonds. The Bertz CT molecular complexity index is 2600. The molecule has 2 nitrogen and oxygen atoms in total. The Morgan fingerprint density at radius 2 is 1.03 bits per heavy atom. The summed E-state index contributed by atoms with van der Waals surface area (Å²) in [6.07, 6.45) is 0. The van der Waals surface area contributed by atoms with E-state index in [2.05, 4.69) is 130 Å². The van der Waals surface area contributed by atoms with Crippen LogP contribution in [0, 0.1) is 0 Å². The summed E-state index contributed by atoms with van der Waals surface area (Å²) in [6, 6.07) is 44.6. The molecular weight excluding hydrogens is 492 g/mol. The fourth-order valence-corrected chi connectivity index (χ4v) is 8.45. The van der Waals surface area contributed by atoms with Crippen LogP contribution in [0.2, 0.25) is 0 Å². The Morgan fingerprint density at radius 3 is 1.87 bits per heavy atom. The van der Waals surface area contributed by atoms with Crippen molar-refractivity contribution in [3.63, 3.8) is 0 Å². The number of rotatable bonds is 1. The number of hydrogen-bond donors (Lipinski definition) is 0. The van der Waals surface area contributed by atoms with Crippen molar-refractivity contribution in [1.29, 1.82) is 0 Å². The molecule has 180 valence electrons. The SMILES string of the molecule is c1ccc(-n2c3cccc4c5ccccc5n5c6ccccc6c6c7sc8ccccc8c7c2c(c43)c65)cc1. The van der Waals surface area contributed by atoms with Crippen molar-refractivity contribution in [2.45, 2.75) is 0 Å². The highest BCUT2D eigenvalue weighted by molar-refractivity contribution is 7.27. The van der Waals surface area contributed by atoms with E-state index < -0.39 is 0 Å². The minimum atomic E-state index is 1.20. The molecule has 0 bridgehead atoms. The predicted molar refractivity (Wildman–Crippen MR) is 168 cm³/mol. The number of thiophene rings is 1. The van der Waals surface area contributed by atoms with Crippen LogP contribution in [0.25, 0.3) is 85.8 Å². The maximum atomic E-state index is 2.54. The van der Waals surface area contributed by atoms with Gasteiger partial charge in [-0.25, -0.2) is 0 Å². The molecule has 0 atom stereocenters. The highest BCUT2D eigenvalue weighted by Crippen LogP contribution is 2.52. The first-order chi connectivity index (χ1) is 19.4. The summed E-state index contributed by atoms with van der Waals surface area (Å²) in [5.41, 5.74) is 7.59. The molecule has 6 aromatic carbocycles. The molecule has 4 aromatic heterocycles. The molecule has 0 N–H and O–H groups in total.